The third kappa shape index (κ3) is 7.53. The second-order valence-corrected chi connectivity index (χ2v) is 7.17. The minimum Gasteiger partial charge on any atom is -0.494 e. The van der Waals surface area contributed by atoms with Crippen LogP contribution in [-0.2, 0) is 13.0 Å². The molecular weight excluding hydrogens is 358 g/mol. The van der Waals surface area contributed by atoms with Crippen LogP contribution in [0.25, 0.3) is 0 Å². The van der Waals surface area contributed by atoms with Crippen molar-refractivity contribution in [1.82, 2.24) is 0 Å². The summed E-state index contributed by atoms with van der Waals surface area (Å²) >= 11 is 0. The summed E-state index contributed by atoms with van der Waals surface area (Å²) < 4.78 is 11.7. The summed E-state index contributed by atoms with van der Waals surface area (Å²) in [5.41, 5.74) is 3.61. The lowest BCUT2D eigenvalue weighted by atomic mass is 10.1. The molecule has 0 amide bonds. The van der Waals surface area contributed by atoms with Crippen molar-refractivity contribution in [3.05, 3.63) is 90.0 Å². The second kappa shape index (κ2) is 11.8. The highest BCUT2D eigenvalue weighted by Gasteiger charge is 2.01. The van der Waals surface area contributed by atoms with E-state index in [1.165, 1.54) is 11.1 Å². The molecule has 0 aliphatic carbocycles. The van der Waals surface area contributed by atoms with Crippen molar-refractivity contribution in [3.63, 3.8) is 0 Å². The number of ether oxygens (including phenoxy) is 2. The number of unbranched alkanes of at least 4 members (excludes halogenated alkanes) is 1. The molecule has 0 aliphatic rings. The van der Waals surface area contributed by atoms with Crippen LogP contribution in [-0.4, -0.2) is 13.2 Å². The van der Waals surface area contributed by atoms with Crippen molar-refractivity contribution in [3.8, 4) is 11.5 Å². The summed E-state index contributed by atoms with van der Waals surface area (Å²) in [6.07, 6.45) is 4.27. The molecule has 3 nitrogen and oxygen atoms in total. The molecule has 3 aromatic rings. The first-order valence-corrected chi connectivity index (χ1v) is 10.6. The lowest BCUT2D eigenvalue weighted by Crippen LogP contribution is -2.02. The number of hydrogen-bond acceptors (Lipinski definition) is 3. The fourth-order valence-electron chi connectivity index (χ4n) is 3.09. The van der Waals surface area contributed by atoms with Gasteiger partial charge in [-0.2, -0.15) is 0 Å². The molecule has 3 heteroatoms. The van der Waals surface area contributed by atoms with Crippen LogP contribution in [0.1, 0.15) is 37.3 Å². The molecule has 0 radical (unpaired) electrons. The van der Waals surface area contributed by atoms with Gasteiger partial charge in [0.15, 0.2) is 0 Å². The summed E-state index contributed by atoms with van der Waals surface area (Å²) in [5.74, 6) is 1.84. The summed E-state index contributed by atoms with van der Waals surface area (Å²) in [4.78, 5) is 0. The van der Waals surface area contributed by atoms with Gasteiger partial charge < -0.3 is 14.8 Å². The Labute approximate surface area is 174 Å². The lowest BCUT2D eigenvalue weighted by Gasteiger charge is -2.11. The van der Waals surface area contributed by atoms with Gasteiger partial charge in [0.1, 0.15) is 11.5 Å². The number of aryl methyl sites for hydroxylation is 1. The van der Waals surface area contributed by atoms with Crippen molar-refractivity contribution in [2.45, 2.75) is 39.2 Å². The molecule has 0 heterocycles. The van der Waals surface area contributed by atoms with Gasteiger partial charge in [0.05, 0.1) is 13.2 Å². The van der Waals surface area contributed by atoms with Gasteiger partial charge in [-0.15, -0.1) is 0 Å². The topological polar surface area (TPSA) is 30.5 Å². The maximum atomic E-state index is 5.93. The molecule has 3 rings (SSSR count). The van der Waals surface area contributed by atoms with E-state index in [0.717, 1.165) is 62.6 Å². The molecular formula is C26H31NO2. The third-order valence-corrected chi connectivity index (χ3v) is 4.72. The first-order valence-electron chi connectivity index (χ1n) is 10.6. The van der Waals surface area contributed by atoms with Gasteiger partial charge in [-0.05, 0) is 54.7 Å². The van der Waals surface area contributed by atoms with Gasteiger partial charge in [0.25, 0.3) is 0 Å². The Morgan fingerprint density at radius 1 is 0.690 bits per heavy atom. The Balaban J connectivity index is 1.44. The average Bonchev–Trinajstić information content (AvgIpc) is 2.77. The van der Waals surface area contributed by atoms with E-state index in [1.807, 2.05) is 30.3 Å². The highest BCUT2D eigenvalue weighted by Crippen LogP contribution is 2.20. The summed E-state index contributed by atoms with van der Waals surface area (Å²) in [7, 11) is 0. The maximum Gasteiger partial charge on any atom is 0.121 e. The standard InChI is InChI=1S/C26H31NO2/c1-2-3-17-28-25-15-7-12-23(19-25)21-27-24-14-8-16-26(20-24)29-18-9-13-22-10-5-4-6-11-22/h4-8,10-12,14-16,19-20,27H,2-3,9,13,17-18,21H2,1H3. The molecule has 0 unspecified atom stereocenters. The molecule has 0 aromatic heterocycles. The summed E-state index contributed by atoms with van der Waals surface area (Å²) in [5, 5.41) is 3.48. The van der Waals surface area contributed by atoms with Gasteiger partial charge >= 0.3 is 0 Å². The normalized spacial score (nSPS) is 10.5. The van der Waals surface area contributed by atoms with Crippen molar-refractivity contribution in [1.29, 1.82) is 0 Å². The zero-order valence-corrected chi connectivity index (χ0v) is 17.3. The highest BCUT2D eigenvalue weighted by molar-refractivity contribution is 5.48. The molecule has 0 bridgehead atoms. The number of benzene rings is 3. The monoisotopic (exact) mass is 389 g/mol. The molecule has 0 fully saturated rings. The van der Waals surface area contributed by atoms with Gasteiger partial charge in [-0.3, -0.25) is 0 Å². The van der Waals surface area contributed by atoms with Crippen LogP contribution in [0.3, 0.4) is 0 Å². The molecule has 0 saturated carbocycles. The van der Waals surface area contributed by atoms with Crippen molar-refractivity contribution >= 4 is 5.69 Å². The second-order valence-electron chi connectivity index (χ2n) is 7.17. The Morgan fingerprint density at radius 2 is 1.38 bits per heavy atom. The van der Waals surface area contributed by atoms with E-state index in [9.17, 15) is 0 Å². The summed E-state index contributed by atoms with van der Waals surface area (Å²) in [6, 6.07) is 27.0. The molecule has 0 saturated heterocycles. The molecule has 3 aromatic carbocycles. The van der Waals surface area contributed by atoms with E-state index in [-0.39, 0.29) is 0 Å². The molecule has 0 spiro atoms. The number of anilines is 1. The van der Waals surface area contributed by atoms with Crippen molar-refractivity contribution in [2.75, 3.05) is 18.5 Å². The lowest BCUT2D eigenvalue weighted by molar-refractivity contribution is 0.309. The van der Waals surface area contributed by atoms with Crippen molar-refractivity contribution in [2.24, 2.45) is 0 Å². The number of nitrogens with one attached hydrogen (secondary N) is 1. The Morgan fingerprint density at radius 3 is 2.17 bits per heavy atom. The van der Waals surface area contributed by atoms with Gasteiger partial charge in [0, 0.05) is 18.3 Å². The van der Waals surface area contributed by atoms with Crippen LogP contribution in [0.4, 0.5) is 5.69 Å². The van der Waals surface area contributed by atoms with Crippen LogP contribution in [0.5, 0.6) is 11.5 Å². The zero-order chi connectivity index (χ0) is 20.2. The average molecular weight is 390 g/mol. The predicted octanol–water partition coefficient (Wildman–Crippen LogP) is 6.49. The first-order chi connectivity index (χ1) is 14.3. The van der Waals surface area contributed by atoms with E-state index in [4.69, 9.17) is 9.47 Å². The number of hydrogen-bond donors (Lipinski definition) is 1. The first kappa shape index (κ1) is 20.8. The van der Waals surface area contributed by atoms with Crippen LogP contribution in [0.15, 0.2) is 78.9 Å². The maximum absolute atomic E-state index is 5.93. The highest BCUT2D eigenvalue weighted by atomic mass is 16.5. The van der Waals surface area contributed by atoms with Crippen LogP contribution in [0.2, 0.25) is 0 Å². The van der Waals surface area contributed by atoms with Gasteiger partial charge in [0.2, 0.25) is 0 Å². The molecule has 0 aliphatic heterocycles. The number of rotatable bonds is 12. The quantitative estimate of drug-likeness (QED) is 0.359. The van der Waals surface area contributed by atoms with Gasteiger partial charge in [-0.1, -0.05) is 61.9 Å². The largest absolute Gasteiger partial charge is 0.494 e. The molecule has 152 valence electrons. The van der Waals surface area contributed by atoms with E-state index in [0.29, 0.717) is 0 Å². The van der Waals surface area contributed by atoms with Crippen LogP contribution >= 0.6 is 0 Å². The van der Waals surface area contributed by atoms with Crippen molar-refractivity contribution < 1.29 is 9.47 Å². The molecule has 1 N–H and O–H groups in total. The van der Waals surface area contributed by atoms with Gasteiger partial charge in [-0.25, -0.2) is 0 Å². The van der Waals surface area contributed by atoms with Crippen LogP contribution in [0, 0.1) is 0 Å². The zero-order valence-electron chi connectivity index (χ0n) is 17.3. The Hall–Kier alpha value is -2.94. The van der Waals surface area contributed by atoms with Crippen LogP contribution < -0.4 is 14.8 Å². The SMILES string of the molecule is CCCCOc1cccc(CNc2cccc(OCCCc3ccccc3)c2)c1. The Kier molecular flexibility index (Phi) is 8.46. The van der Waals surface area contributed by atoms with E-state index in [1.54, 1.807) is 0 Å². The van der Waals surface area contributed by atoms with E-state index in [2.05, 4.69) is 60.8 Å². The minimum absolute atomic E-state index is 0.718. The van der Waals surface area contributed by atoms with E-state index >= 15 is 0 Å². The fourth-order valence-corrected chi connectivity index (χ4v) is 3.09. The smallest absolute Gasteiger partial charge is 0.121 e. The Bertz CT molecular complexity index is 848. The fraction of sp³-hybridized carbons (Fsp3) is 0.308. The summed E-state index contributed by atoms with van der Waals surface area (Å²) in [6.45, 7) is 4.42. The van der Waals surface area contributed by atoms with E-state index < -0.39 is 0 Å². The predicted molar refractivity (Wildman–Crippen MR) is 121 cm³/mol. The third-order valence-electron chi connectivity index (χ3n) is 4.72. The molecule has 0 atom stereocenters. The molecule has 29 heavy (non-hydrogen) atoms. The minimum atomic E-state index is 0.718.